The molecule has 0 spiro atoms. The summed E-state index contributed by atoms with van der Waals surface area (Å²) in [4.78, 5) is 26.5. The summed E-state index contributed by atoms with van der Waals surface area (Å²) in [6.45, 7) is 3.29. The SMILES string of the molecule is CCCc1noc(CCC(=O)NC(C(=O)O)C(C)O)n1. The van der Waals surface area contributed by atoms with Crippen LogP contribution in [-0.2, 0) is 22.4 Å². The summed E-state index contributed by atoms with van der Waals surface area (Å²) in [6, 6.07) is -1.32. The van der Waals surface area contributed by atoms with E-state index in [1.54, 1.807) is 0 Å². The molecular formula is C12H19N3O5. The summed E-state index contributed by atoms with van der Waals surface area (Å²) in [6.07, 6.45) is 0.683. The van der Waals surface area contributed by atoms with Crippen LogP contribution in [-0.4, -0.2) is 44.4 Å². The van der Waals surface area contributed by atoms with Crippen LogP contribution < -0.4 is 5.32 Å². The van der Waals surface area contributed by atoms with Crippen molar-refractivity contribution in [2.75, 3.05) is 0 Å². The smallest absolute Gasteiger partial charge is 0.328 e. The monoisotopic (exact) mass is 285 g/mol. The lowest BCUT2D eigenvalue weighted by Crippen LogP contribution is -2.47. The molecule has 1 heterocycles. The highest BCUT2D eigenvalue weighted by atomic mass is 16.5. The molecule has 0 fully saturated rings. The molecule has 1 aromatic heterocycles. The summed E-state index contributed by atoms with van der Waals surface area (Å²) in [5.74, 6) is -0.840. The van der Waals surface area contributed by atoms with Crippen LogP contribution in [0.1, 0.15) is 38.4 Å². The van der Waals surface area contributed by atoms with Crippen molar-refractivity contribution >= 4 is 11.9 Å². The zero-order valence-electron chi connectivity index (χ0n) is 11.5. The number of rotatable bonds is 8. The molecule has 0 saturated carbocycles. The molecule has 0 bridgehead atoms. The van der Waals surface area contributed by atoms with Crippen molar-refractivity contribution in [3.8, 4) is 0 Å². The van der Waals surface area contributed by atoms with Gasteiger partial charge in [-0.25, -0.2) is 4.79 Å². The van der Waals surface area contributed by atoms with Gasteiger partial charge in [-0.1, -0.05) is 12.1 Å². The number of nitrogens with one attached hydrogen (secondary N) is 1. The van der Waals surface area contributed by atoms with Crippen molar-refractivity contribution < 1.29 is 24.3 Å². The molecule has 0 aliphatic rings. The number of aliphatic carboxylic acids is 1. The topological polar surface area (TPSA) is 126 Å². The van der Waals surface area contributed by atoms with Gasteiger partial charge in [-0.15, -0.1) is 0 Å². The van der Waals surface area contributed by atoms with E-state index in [0.29, 0.717) is 18.1 Å². The average molecular weight is 285 g/mol. The number of nitrogens with zero attached hydrogens (tertiary/aromatic N) is 2. The molecule has 1 aromatic rings. The number of aliphatic hydroxyl groups excluding tert-OH is 1. The quantitative estimate of drug-likeness (QED) is 0.609. The Hall–Kier alpha value is -1.96. The predicted molar refractivity (Wildman–Crippen MR) is 67.9 cm³/mol. The number of carboxylic acids is 1. The van der Waals surface area contributed by atoms with Gasteiger partial charge in [0, 0.05) is 19.3 Å². The molecule has 3 N–H and O–H groups in total. The molecule has 1 rings (SSSR count). The highest BCUT2D eigenvalue weighted by Crippen LogP contribution is 2.03. The van der Waals surface area contributed by atoms with Crippen molar-refractivity contribution in [1.29, 1.82) is 0 Å². The number of carbonyl (C=O) groups is 2. The first-order chi connectivity index (χ1) is 9.43. The maximum Gasteiger partial charge on any atom is 0.328 e. The van der Waals surface area contributed by atoms with Gasteiger partial charge in [0.25, 0.3) is 0 Å². The minimum Gasteiger partial charge on any atom is -0.480 e. The first-order valence-electron chi connectivity index (χ1n) is 6.45. The van der Waals surface area contributed by atoms with Crippen LogP contribution in [0.15, 0.2) is 4.52 Å². The van der Waals surface area contributed by atoms with Gasteiger partial charge in [0.05, 0.1) is 6.10 Å². The van der Waals surface area contributed by atoms with Crippen LogP contribution in [0.4, 0.5) is 0 Å². The van der Waals surface area contributed by atoms with Crippen LogP contribution in [0.25, 0.3) is 0 Å². The van der Waals surface area contributed by atoms with Crippen molar-refractivity contribution in [3.05, 3.63) is 11.7 Å². The van der Waals surface area contributed by atoms with E-state index in [0.717, 1.165) is 6.42 Å². The Morgan fingerprint density at radius 1 is 1.40 bits per heavy atom. The number of amides is 1. The van der Waals surface area contributed by atoms with Gasteiger partial charge in [0.1, 0.15) is 0 Å². The first kappa shape index (κ1) is 16.1. The zero-order chi connectivity index (χ0) is 15.1. The molecule has 0 radical (unpaired) electrons. The second-order valence-electron chi connectivity index (χ2n) is 4.48. The molecule has 1 amide bonds. The van der Waals surface area contributed by atoms with E-state index >= 15 is 0 Å². The standard InChI is InChI=1S/C12H19N3O5/c1-3-4-8-13-10(20-15-8)6-5-9(17)14-11(7(2)16)12(18)19/h7,11,16H,3-6H2,1-2H3,(H,14,17)(H,18,19). The normalized spacial score (nSPS) is 13.8. The van der Waals surface area contributed by atoms with Crippen molar-refractivity contribution in [1.82, 2.24) is 15.5 Å². The van der Waals surface area contributed by atoms with Gasteiger partial charge in [-0.2, -0.15) is 4.98 Å². The molecule has 0 aliphatic heterocycles. The van der Waals surface area contributed by atoms with Crippen molar-refractivity contribution in [2.24, 2.45) is 0 Å². The average Bonchev–Trinajstić information content (AvgIpc) is 2.81. The number of aromatic nitrogens is 2. The van der Waals surface area contributed by atoms with Crippen LogP contribution in [0.5, 0.6) is 0 Å². The second-order valence-corrected chi connectivity index (χ2v) is 4.48. The summed E-state index contributed by atoms with van der Waals surface area (Å²) in [5, 5.41) is 24.1. The number of aryl methyl sites for hydroxylation is 2. The van der Waals surface area contributed by atoms with Crippen molar-refractivity contribution in [3.63, 3.8) is 0 Å². The summed E-state index contributed by atoms with van der Waals surface area (Å²) in [7, 11) is 0. The number of aliphatic hydroxyl groups is 1. The molecule has 0 aliphatic carbocycles. The highest BCUT2D eigenvalue weighted by molar-refractivity contribution is 5.83. The number of hydrogen-bond donors (Lipinski definition) is 3. The Labute approximate surface area is 116 Å². The lowest BCUT2D eigenvalue weighted by molar-refractivity contribution is -0.144. The Morgan fingerprint density at radius 2 is 2.10 bits per heavy atom. The lowest BCUT2D eigenvalue weighted by atomic mass is 10.1. The zero-order valence-corrected chi connectivity index (χ0v) is 11.5. The summed E-state index contributed by atoms with van der Waals surface area (Å²) in [5.41, 5.74) is 0. The fourth-order valence-corrected chi connectivity index (χ4v) is 1.57. The molecule has 0 saturated heterocycles. The van der Waals surface area contributed by atoms with Gasteiger partial charge in [-0.05, 0) is 13.3 Å². The minimum absolute atomic E-state index is 0.0181. The Kier molecular flexibility index (Phi) is 6.10. The third-order valence-electron chi connectivity index (χ3n) is 2.61. The van der Waals surface area contributed by atoms with E-state index in [2.05, 4.69) is 15.5 Å². The molecule has 0 aromatic carbocycles. The van der Waals surface area contributed by atoms with Crippen molar-refractivity contribution in [2.45, 2.75) is 51.7 Å². The molecule has 8 heteroatoms. The lowest BCUT2D eigenvalue weighted by Gasteiger charge is -2.16. The number of hydrogen-bond acceptors (Lipinski definition) is 6. The van der Waals surface area contributed by atoms with E-state index in [4.69, 9.17) is 9.63 Å². The van der Waals surface area contributed by atoms with E-state index in [-0.39, 0.29) is 12.8 Å². The van der Waals surface area contributed by atoms with Crippen LogP contribution >= 0.6 is 0 Å². The first-order valence-corrected chi connectivity index (χ1v) is 6.45. The van der Waals surface area contributed by atoms with Crippen LogP contribution in [0.2, 0.25) is 0 Å². The third kappa shape index (κ3) is 4.96. The maximum absolute atomic E-state index is 11.6. The Balaban J connectivity index is 2.44. The van der Waals surface area contributed by atoms with E-state index < -0.39 is 24.0 Å². The van der Waals surface area contributed by atoms with E-state index in [1.807, 2.05) is 6.92 Å². The maximum atomic E-state index is 11.6. The Morgan fingerprint density at radius 3 is 2.65 bits per heavy atom. The predicted octanol–water partition coefficient (Wildman–Crippen LogP) is -0.0951. The molecule has 112 valence electrons. The minimum atomic E-state index is -1.32. The summed E-state index contributed by atoms with van der Waals surface area (Å²) < 4.78 is 4.96. The number of carbonyl (C=O) groups excluding carboxylic acids is 1. The largest absolute Gasteiger partial charge is 0.480 e. The fourth-order valence-electron chi connectivity index (χ4n) is 1.57. The second kappa shape index (κ2) is 7.59. The summed E-state index contributed by atoms with van der Waals surface area (Å²) >= 11 is 0. The number of carboxylic acid groups (broad SMARTS) is 1. The molecule has 2 unspecified atom stereocenters. The molecule has 20 heavy (non-hydrogen) atoms. The molecule has 8 nitrogen and oxygen atoms in total. The van der Waals surface area contributed by atoms with Crippen LogP contribution in [0, 0.1) is 0 Å². The van der Waals surface area contributed by atoms with Gasteiger partial charge < -0.3 is 20.1 Å². The van der Waals surface area contributed by atoms with Crippen LogP contribution in [0.3, 0.4) is 0 Å². The molecular weight excluding hydrogens is 266 g/mol. The van der Waals surface area contributed by atoms with E-state index in [9.17, 15) is 14.7 Å². The Bertz CT molecular complexity index is 458. The third-order valence-corrected chi connectivity index (χ3v) is 2.61. The van der Waals surface area contributed by atoms with Gasteiger partial charge >= 0.3 is 5.97 Å². The van der Waals surface area contributed by atoms with Gasteiger partial charge in [-0.3, -0.25) is 4.79 Å². The highest BCUT2D eigenvalue weighted by Gasteiger charge is 2.24. The molecule has 2 atom stereocenters. The van der Waals surface area contributed by atoms with Gasteiger partial charge in [0.15, 0.2) is 11.9 Å². The van der Waals surface area contributed by atoms with Gasteiger partial charge in [0.2, 0.25) is 11.8 Å². The van der Waals surface area contributed by atoms with E-state index in [1.165, 1.54) is 6.92 Å². The fraction of sp³-hybridized carbons (Fsp3) is 0.667.